The average Bonchev–Trinajstić information content (AvgIpc) is 3.48. The number of H-pyrrole nitrogens is 2. The van der Waals surface area contributed by atoms with Crippen LogP contribution in [-0.4, -0.2) is 56.9 Å². The van der Waals surface area contributed by atoms with E-state index < -0.39 is 49.2 Å². The summed E-state index contributed by atoms with van der Waals surface area (Å²) in [4.78, 5) is 55.3. The molecule has 1 aliphatic rings. The summed E-state index contributed by atoms with van der Waals surface area (Å²) in [7, 11) is -2.90. The molecule has 3 aromatic rings. The Bertz CT molecular complexity index is 1540. The van der Waals surface area contributed by atoms with E-state index in [2.05, 4.69) is 25.1 Å². The number of carbonyl (C=O) groups excluding carboxylic acids is 1. The van der Waals surface area contributed by atoms with Crippen LogP contribution in [0.15, 0.2) is 51.4 Å². The van der Waals surface area contributed by atoms with Gasteiger partial charge < -0.3 is 19.4 Å². The number of carbonyl (C=O) groups is 1. The van der Waals surface area contributed by atoms with Gasteiger partial charge >= 0.3 is 11.7 Å². The highest BCUT2D eigenvalue weighted by atomic mass is 31.2. The zero-order valence-corrected chi connectivity index (χ0v) is 21.6. The normalized spacial score (nSPS) is 21.5. The van der Waals surface area contributed by atoms with Gasteiger partial charge in [0.15, 0.2) is 0 Å². The van der Waals surface area contributed by atoms with Crippen molar-refractivity contribution < 1.29 is 23.7 Å². The lowest BCUT2D eigenvalue weighted by Crippen LogP contribution is -2.38. The van der Waals surface area contributed by atoms with Gasteiger partial charge in [0, 0.05) is 52.8 Å². The first kappa shape index (κ1) is 27.4. The third-order valence-corrected chi connectivity index (χ3v) is 8.10. The van der Waals surface area contributed by atoms with Gasteiger partial charge in [0.2, 0.25) is 0 Å². The Labute approximate surface area is 216 Å². The van der Waals surface area contributed by atoms with Crippen LogP contribution >= 0.6 is 7.52 Å². The topological polar surface area (TPSA) is 204 Å². The molecular formula is C23H28N7O7P. The monoisotopic (exact) mass is 545 g/mol. The molecule has 14 nitrogen and oxygen atoms in total. The first-order valence-corrected chi connectivity index (χ1v) is 13.7. The number of hydrogen-bond donors (Lipinski definition) is 4. The third kappa shape index (κ3) is 6.07. The zero-order valence-electron chi connectivity index (χ0n) is 20.7. The first-order valence-electron chi connectivity index (χ1n) is 11.9. The Kier molecular flexibility index (Phi) is 8.20. The van der Waals surface area contributed by atoms with E-state index in [9.17, 15) is 23.8 Å². The van der Waals surface area contributed by atoms with Gasteiger partial charge in [-0.15, -0.1) is 0 Å². The number of para-hydroxylation sites is 1. The summed E-state index contributed by atoms with van der Waals surface area (Å²) in [6.07, 6.45) is 1.42. The van der Waals surface area contributed by atoms with E-state index in [4.69, 9.17) is 15.0 Å². The molecular weight excluding hydrogens is 517 g/mol. The number of esters is 1. The summed E-state index contributed by atoms with van der Waals surface area (Å²) in [5, 5.41) is 7.16. The molecule has 1 saturated heterocycles. The summed E-state index contributed by atoms with van der Waals surface area (Å²) < 4.78 is 25.1. The van der Waals surface area contributed by atoms with Crippen molar-refractivity contribution in [1.82, 2.24) is 19.6 Å². The Hall–Kier alpha value is -3.67. The first-order chi connectivity index (χ1) is 18.1. The third-order valence-electron chi connectivity index (χ3n) is 6.52. The highest BCUT2D eigenvalue weighted by Gasteiger charge is 2.38. The molecule has 0 amide bonds. The van der Waals surface area contributed by atoms with Crippen molar-refractivity contribution in [3.8, 4) is 0 Å². The molecule has 2 unspecified atom stereocenters. The van der Waals surface area contributed by atoms with Crippen molar-refractivity contribution in [1.29, 1.82) is 0 Å². The van der Waals surface area contributed by atoms with E-state index in [1.165, 1.54) is 24.8 Å². The molecule has 202 valence electrons. The van der Waals surface area contributed by atoms with Crippen molar-refractivity contribution >= 4 is 24.4 Å². The molecule has 2 aromatic heterocycles. The average molecular weight is 545 g/mol. The molecule has 3 heterocycles. The van der Waals surface area contributed by atoms with Gasteiger partial charge in [0.25, 0.3) is 13.1 Å². The number of nitrogens with one attached hydrogen (secondary N) is 3. The van der Waals surface area contributed by atoms with E-state index in [1.807, 2.05) is 24.3 Å². The molecule has 0 bridgehead atoms. The number of methoxy groups -OCH3 is 1. The Balaban J connectivity index is 1.46. The van der Waals surface area contributed by atoms with Crippen LogP contribution in [-0.2, 0) is 25.3 Å². The molecule has 15 heteroatoms. The summed E-state index contributed by atoms with van der Waals surface area (Å²) in [6, 6.07) is 5.68. The Morgan fingerprint density at radius 1 is 1.42 bits per heavy atom. The summed E-state index contributed by atoms with van der Waals surface area (Å²) in [5.41, 5.74) is 9.72. The predicted molar refractivity (Wildman–Crippen MR) is 138 cm³/mol. The molecule has 1 aliphatic heterocycles. The highest BCUT2D eigenvalue weighted by Crippen LogP contribution is 2.41. The lowest BCUT2D eigenvalue weighted by molar-refractivity contribution is -0.142. The second-order valence-corrected chi connectivity index (χ2v) is 11.2. The second-order valence-electron chi connectivity index (χ2n) is 9.10. The number of fused-ring (bicyclic) bond motifs is 1. The van der Waals surface area contributed by atoms with Crippen LogP contribution in [0.25, 0.3) is 21.3 Å². The number of aromatic amines is 2. The van der Waals surface area contributed by atoms with E-state index >= 15 is 0 Å². The number of azide groups is 1. The second kappa shape index (κ2) is 11.4. The van der Waals surface area contributed by atoms with E-state index in [-0.39, 0.29) is 25.4 Å². The van der Waals surface area contributed by atoms with Crippen molar-refractivity contribution in [2.75, 3.05) is 13.3 Å². The van der Waals surface area contributed by atoms with Gasteiger partial charge in [-0.05, 0) is 30.5 Å². The summed E-state index contributed by atoms with van der Waals surface area (Å²) in [5.74, 6) is -0.693. The smallest absolute Gasteiger partial charge is 0.330 e. The fraction of sp³-hybridized carbons (Fsp3) is 0.435. The number of hydrogen-bond acceptors (Lipinski definition) is 7. The van der Waals surface area contributed by atoms with Crippen LogP contribution in [0.2, 0.25) is 0 Å². The van der Waals surface area contributed by atoms with Crippen molar-refractivity contribution in [3.63, 3.8) is 0 Å². The Morgan fingerprint density at radius 3 is 2.92 bits per heavy atom. The minimum atomic E-state index is -4.10. The number of ether oxygens (including phenoxy) is 2. The van der Waals surface area contributed by atoms with Crippen LogP contribution in [0.3, 0.4) is 0 Å². The fourth-order valence-electron chi connectivity index (χ4n) is 4.59. The number of benzene rings is 1. The molecule has 0 radical (unpaired) electrons. The van der Waals surface area contributed by atoms with Gasteiger partial charge in [-0.2, -0.15) is 0 Å². The van der Waals surface area contributed by atoms with Gasteiger partial charge in [0.05, 0.1) is 19.3 Å². The van der Waals surface area contributed by atoms with Crippen LogP contribution < -0.4 is 16.3 Å². The molecule has 0 aliphatic carbocycles. The summed E-state index contributed by atoms with van der Waals surface area (Å²) in [6.45, 7) is 1.54. The quantitative estimate of drug-likeness (QED) is 0.0975. The minimum Gasteiger partial charge on any atom is -0.468 e. The Morgan fingerprint density at radius 2 is 2.18 bits per heavy atom. The SMILES string of the molecule is COC(=O)C(Cc1c[nH]c2ccccc12)NP(=O)(O)CC[C@@H]1O[C@H](n2cc(C)c(=O)[nH]c2=O)C[C@H]1N=[N+]=[N-]. The van der Waals surface area contributed by atoms with Crippen molar-refractivity contribution in [2.45, 2.75) is 50.6 Å². The van der Waals surface area contributed by atoms with Gasteiger partial charge in [-0.1, -0.05) is 23.3 Å². The molecule has 4 rings (SSSR count). The molecule has 4 N–H and O–H groups in total. The molecule has 38 heavy (non-hydrogen) atoms. The van der Waals surface area contributed by atoms with Gasteiger partial charge in [0.1, 0.15) is 12.3 Å². The maximum Gasteiger partial charge on any atom is 0.330 e. The lowest BCUT2D eigenvalue weighted by Gasteiger charge is -2.22. The fourth-order valence-corrected chi connectivity index (χ4v) is 6.01. The van der Waals surface area contributed by atoms with Gasteiger partial charge in [-0.25, -0.2) is 9.88 Å². The minimum absolute atomic E-state index is 0.000964. The van der Waals surface area contributed by atoms with Crippen LogP contribution in [0.4, 0.5) is 0 Å². The summed E-state index contributed by atoms with van der Waals surface area (Å²) >= 11 is 0. The number of aromatic nitrogens is 3. The lowest BCUT2D eigenvalue weighted by atomic mass is 10.1. The van der Waals surface area contributed by atoms with Crippen LogP contribution in [0.5, 0.6) is 0 Å². The molecule has 1 fully saturated rings. The number of aryl methyl sites for hydroxylation is 1. The van der Waals surface area contributed by atoms with Crippen LogP contribution in [0.1, 0.15) is 30.2 Å². The molecule has 5 atom stereocenters. The molecule has 0 saturated carbocycles. The van der Waals surface area contributed by atoms with Crippen molar-refractivity contribution in [2.24, 2.45) is 5.11 Å². The number of rotatable bonds is 10. The maximum absolute atomic E-state index is 13.1. The van der Waals surface area contributed by atoms with Gasteiger partial charge in [-0.3, -0.25) is 23.7 Å². The zero-order chi connectivity index (χ0) is 27.4. The van der Waals surface area contributed by atoms with Crippen LogP contribution in [0, 0.1) is 6.92 Å². The molecule has 0 spiro atoms. The largest absolute Gasteiger partial charge is 0.468 e. The maximum atomic E-state index is 13.1. The number of nitrogens with zero attached hydrogens (tertiary/aromatic N) is 4. The standard InChI is InChI=1S/C23H28N7O7P/c1-13-12-30(23(33)26-21(13)31)20-10-17(27-29-24)19(37-20)7-8-38(34,35)28-18(22(32)36-2)9-14-11-25-16-6-4-3-5-15(14)16/h3-6,11-12,17-20,25H,7-10H2,1-2H3,(H,26,31,33)(H2,28,34,35)/t17-,18?,19+,20+/m1/s1. The predicted octanol–water partition coefficient (Wildman–Crippen LogP) is 2.24. The highest BCUT2D eigenvalue weighted by molar-refractivity contribution is 7.55. The van der Waals surface area contributed by atoms with E-state index in [0.29, 0.717) is 5.56 Å². The van der Waals surface area contributed by atoms with E-state index in [0.717, 1.165) is 16.5 Å². The molecule has 1 aromatic carbocycles. The van der Waals surface area contributed by atoms with Crippen molar-refractivity contribution in [3.05, 3.63) is 79.1 Å². The van der Waals surface area contributed by atoms with E-state index in [1.54, 1.807) is 6.20 Å².